The van der Waals surface area contributed by atoms with E-state index in [1.54, 1.807) is 0 Å². The standard InChI is InChI=1S/C20H22F3N5O/c1-19(2)14(11-29)7-16(19)27-17-13(8-24)10-26-18(28-17)25-9-12-5-3-4-6-15(12)20(21,22)23/h3-6,10,14,16,29H,7,9,11H2,1-2H3,(H2,25,26,27,28)/t14-,16-/m1/s1. The number of anilines is 2. The second kappa shape index (κ2) is 7.87. The average Bonchev–Trinajstić information content (AvgIpc) is 2.68. The zero-order valence-corrected chi connectivity index (χ0v) is 16.1. The van der Waals surface area contributed by atoms with Crippen LogP contribution in [-0.4, -0.2) is 27.7 Å². The maximum atomic E-state index is 13.1. The molecule has 1 fully saturated rings. The Morgan fingerprint density at radius 2 is 2.03 bits per heavy atom. The maximum absolute atomic E-state index is 13.1. The van der Waals surface area contributed by atoms with Crippen LogP contribution in [0.15, 0.2) is 30.5 Å². The van der Waals surface area contributed by atoms with Crippen LogP contribution in [0.4, 0.5) is 24.9 Å². The molecule has 1 saturated carbocycles. The van der Waals surface area contributed by atoms with E-state index in [0.717, 1.165) is 12.5 Å². The first-order chi connectivity index (χ1) is 13.7. The number of aromatic nitrogens is 2. The average molecular weight is 405 g/mol. The lowest BCUT2D eigenvalue weighted by atomic mass is 9.59. The molecule has 1 aromatic heterocycles. The number of halogens is 3. The van der Waals surface area contributed by atoms with Crippen molar-refractivity contribution < 1.29 is 18.3 Å². The molecular formula is C20H22F3N5O. The number of nitriles is 1. The Kier molecular flexibility index (Phi) is 5.66. The molecule has 29 heavy (non-hydrogen) atoms. The molecule has 0 unspecified atom stereocenters. The van der Waals surface area contributed by atoms with E-state index in [0.29, 0.717) is 5.82 Å². The van der Waals surface area contributed by atoms with Crippen molar-refractivity contribution >= 4 is 11.8 Å². The molecule has 0 radical (unpaired) electrons. The highest BCUT2D eigenvalue weighted by Crippen LogP contribution is 2.47. The van der Waals surface area contributed by atoms with Gasteiger partial charge in [0.2, 0.25) is 5.95 Å². The van der Waals surface area contributed by atoms with E-state index < -0.39 is 11.7 Å². The van der Waals surface area contributed by atoms with Crippen LogP contribution in [0.25, 0.3) is 0 Å². The van der Waals surface area contributed by atoms with Gasteiger partial charge in [-0.15, -0.1) is 0 Å². The van der Waals surface area contributed by atoms with E-state index in [2.05, 4.69) is 20.6 Å². The number of nitrogens with one attached hydrogen (secondary N) is 2. The van der Waals surface area contributed by atoms with Crippen molar-refractivity contribution in [3.05, 3.63) is 47.2 Å². The summed E-state index contributed by atoms with van der Waals surface area (Å²) in [6, 6.07) is 7.33. The van der Waals surface area contributed by atoms with Gasteiger partial charge in [0.15, 0.2) is 0 Å². The molecule has 2 atom stereocenters. The highest BCUT2D eigenvalue weighted by atomic mass is 19.4. The largest absolute Gasteiger partial charge is 0.416 e. The van der Waals surface area contributed by atoms with E-state index in [9.17, 15) is 23.5 Å². The molecule has 1 aliphatic carbocycles. The van der Waals surface area contributed by atoms with Gasteiger partial charge in [0.05, 0.1) is 11.8 Å². The highest BCUT2D eigenvalue weighted by Gasteiger charge is 2.47. The van der Waals surface area contributed by atoms with Crippen LogP contribution in [0, 0.1) is 22.7 Å². The predicted octanol–water partition coefficient (Wildman–Crippen LogP) is 3.80. The third kappa shape index (κ3) is 4.27. The second-order valence-electron chi connectivity index (χ2n) is 7.71. The molecule has 3 N–H and O–H groups in total. The van der Waals surface area contributed by atoms with Gasteiger partial charge in [-0.3, -0.25) is 0 Å². The fourth-order valence-electron chi connectivity index (χ4n) is 3.52. The van der Waals surface area contributed by atoms with Crippen LogP contribution in [-0.2, 0) is 12.7 Å². The summed E-state index contributed by atoms with van der Waals surface area (Å²) in [7, 11) is 0. The SMILES string of the molecule is CC1(C)[C@@H](CO)C[C@H]1Nc1nc(NCc2ccccc2C(F)(F)F)ncc1C#N. The van der Waals surface area contributed by atoms with E-state index in [1.165, 1.54) is 24.4 Å². The number of hydrogen-bond acceptors (Lipinski definition) is 6. The van der Waals surface area contributed by atoms with Gasteiger partial charge >= 0.3 is 6.18 Å². The molecule has 1 heterocycles. The lowest BCUT2D eigenvalue weighted by Crippen LogP contribution is -2.54. The third-order valence-corrected chi connectivity index (χ3v) is 5.67. The Bertz CT molecular complexity index is 923. The summed E-state index contributed by atoms with van der Waals surface area (Å²) in [5, 5.41) is 24.8. The summed E-state index contributed by atoms with van der Waals surface area (Å²) in [4.78, 5) is 8.32. The smallest absolute Gasteiger partial charge is 0.396 e. The minimum absolute atomic E-state index is 0.0143. The van der Waals surface area contributed by atoms with Gasteiger partial charge in [-0.25, -0.2) is 4.98 Å². The molecule has 6 nitrogen and oxygen atoms in total. The van der Waals surface area contributed by atoms with Crippen LogP contribution in [0.5, 0.6) is 0 Å². The number of aliphatic hydroxyl groups excluding tert-OH is 1. The van der Waals surface area contributed by atoms with Gasteiger partial charge < -0.3 is 15.7 Å². The Balaban J connectivity index is 1.76. The van der Waals surface area contributed by atoms with Crippen molar-refractivity contribution in [2.45, 2.75) is 39.0 Å². The van der Waals surface area contributed by atoms with Crippen LogP contribution < -0.4 is 10.6 Å². The lowest BCUT2D eigenvalue weighted by molar-refractivity contribution is -0.138. The van der Waals surface area contributed by atoms with Gasteiger partial charge in [0.25, 0.3) is 0 Å². The fourth-order valence-corrected chi connectivity index (χ4v) is 3.52. The number of aliphatic hydroxyl groups is 1. The van der Waals surface area contributed by atoms with Crippen molar-refractivity contribution in [1.29, 1.82) is 5.26 Å². The van der Waals surface area contributed by atoms with E-state index in [1.807, 2.05) is 19.9 Å². The molecule has 0 spiro atoms. The first kappa shape index (κ1) is 20.9. The number of alkyl halides is 3. The number of benzene rings is 1. The van der Waals surface area contributed by atoms with Gasteiger partial charge in [-0.1, -0.05) is 32.0 Å². The van der Waals surface area contributed by atoms with Crippen molar-refractivity contribution in [3.8, 4) is 6.07 Å². The first-order valence-electron chi connectivity index (χ1n) is 9.20. The molecule has 1 aliphatic rings. The van der Waals surface area contributed by atoms with Crippen molar-refractivity contribution in [3.63, 3.8) is 0 Å². The van der Waals surface area contributed by atoms with Gasteiger partial charge in [-0.05, 0) is 29.4 Å². The summed E-state index contributed by atoms with van der Waals surface area (Å²) in [6.45, 7) is 4.03. The van der Waals surface area contributed by atoms with E-state index >= 15 is 0 Å². The Morgan fingerprint density at radius 1 is 1.31 bits per heavy atom. The number of rotatable bonds is 6. The summed E-state index contributed by atoms with van der Waals surface area (Å²) < 4.78 is 39.4. The maximum Gasteiger partial charge on any atom is 0.416 e. The molecule has 0 saturated heterocycles. The normalized spacial score (nSPS) is 20.4. The first-order valence-corrected chi connectivity index (χ1v) is 9.20. The van der Waals surface area contributed by atoms with Crippen molar-refractivity contribution in [1.82, 2.24) is 9.97 Å². The van der Waals surface area contributed by atoms with Crippen molar-refractivity contribution in [2.24, 2.45) is 11.3 Å². The molecule has 3 rings (SSSR count). The molecule has 2 aromatic rings. The monoisotopic (exact) mass is 405 g/mol. The minimum atomic E-state index is -4.45. The summed E-state index contributed by atoms with van der Waals surface area (Å²) >= 11 is 0. The van der Waals surface area contributed by atoms with Crippen LogP contribution in [0.3, 0.4) is 0 Å². The zero-order valence-electron chi connectivity index (χ0n) is 16.1. The van der Waals surface area contributed by atoms with Crippen molar-refractivity contribution in [2.75, 3.05) is 17.2 Å². The third-order valence-electron chi connectivity index (χ3n) is 5.67. The molecule has 0 bridgehead atoms. The van der Waals surface area contributed by atoms with Crippen LogP contribution >= 0.6 is 0 Å². The summed E-state index contributed by atoms with van der Waals surface area (Å²) in [5.41, 5.74) is -0.570. The topological polar surface area (TPSA) is 93.9 Å². The predicted molar refractivity (Wildman–Crippen MR) is 102 cm³/mol. The van der Waals surface area contributed by atoms with Gasteiger partial charge in [0.1, 0.15) is 17.5 Å². The molecule has 1 aromatic carbocycles. The second-order valence-corrected chi connectivity index (χ2v) is 7.71. The quantitative estimate of drug-likeness (QED) is 0.677. The summed E-state index contributed by atoms with van der Waals surface area (Å²) in [5.74, 6) is 0.603. The number of hydrogen-bond donors (Lipinski definition) is 3. The number of nitrogens with zero attached hydrogens (tertiary/aromatic N) is 3. The molecule has 0 aliphatic heterocycles. The fraction of sp³-hybridized carbons (Fsp3) is 0.450. The van der Waals surface area contributed by atoms with Crippen LogP contribution in [0.2, 0.25) is 0 Å². The Labute approximate surface area is 166 Å². The van der Waals surface area contributed by atoms with E-state index in [-0.39, 0.29) is 47.6 Å². The molecule has 154 valence electrons. The molecular weight excluding hydrogens is 383 g/mol. The van der Waals surface area contributed by atoms with E-state index in [4.69, 9.17) is 0 Å². The molecule has 9 heteroatoms. The Hall–Kier alpha value is -2.86. The summed E-state index contributed by atoms with van der Waals surface area (Å²) in [6.07, 6.45) is -2.38. The van der Waals surface area contributed by atoms with Gasteiger partial charge in [0, 0.05) is 19.2 Å². The van der Waals surface area contributed by atoms with Crippen LogP contribution in [0.1, 0.15) is 37.0 Å². The highest BCUT2D eigenvalue weighted by molar-refractivity contribution is 5.54. The lowest BCUT2D eigenvalue weighted by Gasteiger charge is -2.52. The molecule has 0 amide bonds. The Morgan fingerprint density at radius 3 is 2.66 bits per heavy atom. The van der Waals surface area contributed by atoms with Gasteiger partial charge in [-0.2, -0.15) is 23.4 Å². The zero-order chi connectivity index (χ0) is 21.2. The minimum Gasteiger partial charge on any atom is -0.396 e.